The van der Waals surface area contributed by atoms with E-state index >= 15 is 0 Å². The van der Waals surface area contributed by atoms with Crippen molar-refractivity contribution in [3.05, 3.63) is 74.9 Å². The molecule has 0 radical (unpaired) electrons. The fraction of sp³-hybridized carbons (Fsp3) is 0.273. The van der Waals surface area contributed by atoms with Crippen LogP contribution in [0.25, 0.3) is 10.9 Å². The Bertz CT molecular complexity index is 1510. The Kier molecular flexibility index (Phi) is 5.12. The molecule has 0 saturated carbocycles. The van der Waals surface area contributed by atoms with Gasteiger partial charge < -0.3 is 9.80 Å². The minimum Gasteiger partial charge on any atom is -0.352 e. The van der Waals surface area contributed by atoms with Crippen molar-refractivity contribution in [2.45, 2.75) is 17.9 Å². The average molecular weight is 468 g/mol. The van der Waals surface area contributed by atoms with E-state index in [1.165, 1.54) is 4.57 Å². The summed E-state index contributed by atoms with van der Waals surface area (Å²) >= 11 is 0. The number of piperazine rings is 1. The van der Waals surface area contributed by atoms with Gasteiger partial charge in [-0.3, -0.25) is 19.1 Å². The molecule has 0 atom stereocenters. The molecule has 1 fully saturated rings. The van der Waals surface area contributed by atoms with Crippen LogP contribution in [0.3, 0.4) is 0 Å². The molecule has 3 aromatic rings. The van der Waals surface area contributed by atoms with Crippen molar-refractivity contribution in [2.75, 3.05) is 26.2 Å². The number of nitrogens with one attached hydrogen (secondary N) is 1. The molecule has 1 saturated heterocycles. The summed E-state index contributed by atoms with van der Waals surface area (Å²) in [5.74, 6) is 0.308. The van der Waals surface area contributed by atoms with E-state index in [-0.39, 0.29) is 23.8 Å². The molecule has 10 nitrogen and oxygen atoms in total. The van der Waals surface area contributed by atoms with Gasteiger partial charge in [0.1, 0.15) is 4.90 Å². The molecule has 33 heavy (non-hydrogen) atoms. The summed E-state index contributed by atoms with van der Waals surface area (Å²) in [6, 6.07) is 13.5. The third-order valence-corrected chi connectivity index (χ3v) is 7.32. The second kappa shape index (κ2) is 8.00. The molecule has 170 valence electrons. The van der Waals surface area contributed by atoms with E-state index in [9.17, 15) is 22.8 Å². The van der Waals surface area contributed by atoms with Crippen molar-refractivity contribution in [3.8, 4) is 0 Å². The van der Waals surface area contributed by atoms with Crippen molar-refractivity contribution < 1.29 is 13.2 Å². The second-order valence-corrected chi connectivity index (χ2v) is 9.50. The third kappa shape index (κ3) is 3.74. The minimum absolute atomic E-state index is 0.105. The number of nitrogens with zero attached hydrogens (tertiary/aromatic N) is 4. The summed E-state index contributed by atoms with van der Waals surface area (Å²) in [6.07, 6.45) is 0.105. The first kappa shape index (κ1) is 21.1. The average Bonchev–Trinajstić information content (AvgIpc) is 3.10. The number of hydrogen-bond acceptors (Lipinski definition) is 6. The molecule has 1 aromatic heterocycles. The highest BCUT2D eigenvalue weighted by Gasteiger charge is 2.33. The number of rotatable bonds is 3. The Balaban J connectivity index is 1.26. The Morgan fingerprint density at radius 2 is 1.67 bits per heavy atom. The minimum atomic E-state index is -3.69. The van der Waals surface area contributed by atoms with Gasteiger partial charge in [0.2, 0.25) is 5.91 Å². The highest BCUT2D eigenvalue weighted by Crippen LogP contribution is 2.27. The van der Waals surface area contributed by atoms with Gasteiger partial charge in [-0.15, -0.1) is 4.40 Å². The van der Waals surface area contributed by atoms with Crippen LogP contribution in [0.15, 0.2) is 67.4 Å². The Hall–Kier alpha value is -3.73. The number of carbonyl (C=O) groups is 1. The highest BCUT2D eigenvalue weighted by molar-refractivity contribution is 7.90. The topological polar surface area (TPSA) is 125 Å². The first-order valence-corrected chi connectivity index (χ1v) is 12.0. The third-order valence-electron chi connectivity index (χ3n) is 6.00. The van der Waals surface area contributed by atoms with Gasteiger partial charge in [0.25, 0.3) is 15.6 Å². The normalized spacial score (nSPS) is 17.2. The van der Waals surface area contributed by atoms with Crippen molar-refractivity contribution in [1.82, 2.24) is 19.4 Å². The fourth-order valence-corrected chi connectivity index (χ4v) is 5.54. The molecule has 0 aliphatic carbocycles. The molecule has 2 aliphatic rings. The summed E-state index contributed by atoms with van der Waals surface area (Å²) in [5.41, 5.74) is 0.0766. The van der Waals surface area contributed by atoms with Crippen LogP contribution in [-0.4, -0.2) is 65.7 Å². The number of amides is 1. The van der Waals surface area contributed by atoms with Gasteiger partial charge in [-0.1, -0.05) is 24.3 Å². The zero-order valence-corrected chi connectivity index (χ0v) is 18.4. The van der Waals surface area contributed by atoms with Crippen LogP contribution in [0.4, 0.5) is 0 Å². The predicted molar refractivity (Wildman–Crippen MR) is 122 cm³/mol. The molecule has 5 rings (SSSR count). The van der Waals surface area contributed by atoms with E-state index in [0.29, 0.717) is 48.5 Å². The highest BCUT2D eigenvalue weighted by atomic mass is 32.2. The number of fused-ring (bicyclic) bond motifs is 2. The van der Waals surface area contributed by atoms with Gasteiger partial charge in [-0.05, 0) is 24.3 Å². The number of amidine groups is 1. The molecule has 0 spiro atoms. The molecule has 1 N–H and O–H groups in total. The van der Waals surface area contributed by atoms with E-state index in [0.717, 1.165) is 0 Å². The maximum atomic E-state index is 12.8. The molecule has 0 unspecified atom stereocenters. The smallest absolute Gasteiger partial charge is 0.328 e. The summed E-state index contributed by atoms with van der Waals surface area (Å²) < 4.78 is 30.0. The van der Waals surface area contributed by atoms with Gasteiger partial charge >= 0.3 is 5.69 Å². The van der Waals surface area contributed by atoms with E-state index < -0.39 is 21.3 Å². The van der Waals surface area contributed by atoms with Crippen LogP contribution < -0.4 is 11.2 Å². The van der Waals surface area contributed by atoms with Crippen LogP contribution in [0.2, 0.25) is 0 Å². The van der Waals surface area contributed by atoms with Crippen molar-refractivity contribution in [1.29, 1.82) is 0 Å². The lowest BCUT2D eigenvalue weighted by atomic mass is 10.1. The summed E-state index contributed by atoms with van der Waals surface area (Å²) in [7, 11) is -3.69. The van der Waals surface area contributed by atoms with Crippen LogP contribution >= 0.6 is 0 Å². The maximum Gasteiger partial charge on any atom is 0.328 e. The molecule has 0 bridgehead atoms. The Morgan fingerprint density at radius 1 is 0.970 bits per heavy atom. The molecule has 11 heteroatoms. The molecule has 1 amide bonds. The standard InChI is InChI=1S/C22H21N5O5S/c28-19(9-10-27-17-7-3-1-5-15(17)21(29)23-22(27)30)25-11-13-26(14-12-25)20-16-6-2-4-8-18(16)33(31,32)24-20/h1-8H,9-14H2,(H,23,29,30). The number of hydrogen-bond donors (Lipinski definition) is 1. The van der Waals surface area contributed by atoms with Crippen molar-refractivity contribution >= 4 is 32.7 Å². The molecular weight excluding hydrogens is 446 g/mol. The number of aromatic nitrogens is 2. The van der Waals surface area contributed by atoms with Crippen LogP contribution in [-0.2, 0) is 21.4 Å². The first-order chi connectivity index (χ1) is 15.8. The SMILES string of the molecule is O=C(CCn1c(=O)[nH]c(=O)c2ccccc21)N1CCN(C2=NS(=O)(=O)c3ccccc32)CC1. The van der Waals surface area contributed by atoms with Gasteiger partial charge in [-0.2, -0.15) is 8.42 Å². The van der Waals surface area contributed by atoms with E-state index in [1.807, 2.05) is 4.90 Å². The molecule has 2 aromatic carbocycles. The van der Waals surface area contributed by atoms with E-state index in [2.05, 4.69) is 9.38 Å². The van der Waals surface area contributed by atoms with Gasteiger partial charge in [0, 0.05) is 44.7 Å². The van der Waals surface area contributed by atoms with E-state index in [1.54, 1.807) is 53.4 Å². The van der Waals surface area contributed by atoms with Crippen molar-refractivity contribution in [3.63, 3.8) is 0 Å². The predicted octanol–water partition coefficient (Wildman–Crippen LogP) is 0.373. The zero-order chi connectivity index (χ0) is 23.2. The van der Waals surface area contributed by atoms with Gasteiger partial charge in [-0.25, -0.2) is 4.79 Å². The lowest BCUT2D eigenvalue weighted by Gasteiger charge is -2.36. The van der Waals surface area contributed by atoms with Gasteiger partial charge in [0.05, 0.1) is 10.9 Å². The number of sulfonamides is 1. The summed E-state index contributed by atoms with van der Waals surface area (Å²) in [4.78, 5) is 43.2. The molecule has 3 heterocycles. The number of carbonyl (C=O) groups excluding carboxylic acids is 1. The van der Waals surface area contributed by atoms with Crippen LogP contribution in [0, 0.1) is 0 Å². The number of aryl methyl sites for hydroxylation is 1. The lowest BCUT2D eigenvalue weighted by Crippen LogP contribution is -2.50. The Morgan fingerprint density at radius 3 is 2.45 bits per heavy atom. The van der Waals surface area contributed by atoms with Crippen LogP contribution in [0.5, 0.6) is 0 Å². The number of benzene rings is 2. The largest absolute Gasteiger partial charge is 0.352 e. The number of aromatic amines is 1. The summed E-state index contributed by atoms with van der Waals surface area (Å²) in [5, 5.41) is 0.394. The zero-order valence-electron chi connectivity index (χ0n) is 17.6. The quantitative estimate of drug-likeness (QED) is 0.594. The Labute approximate surface area is 188 Å². The van der Waals surface area contributed by atoms with E-state index in [4.69, 9.17) is 0 Å². The first-order valence-electron chi connectivity index (χ1n) is 10.5. The van der Waals surface area contributed by atoms with Gasteiger partial charge in [0.15, 0.2) is 5.84 Å². The van der Waals surface area contributed by atoms with Crippen molar-refractivity contribution in [2.24, 2.45) is 4.40 Å². The number of H-pyrrole nitrogens is 1. The monoisotopic (exact) mass is 467 g/mol. The fourth-order valence-electron chi connectivity index (χ4n) is 4.31. The van der Waals surface area contributed by atoms with Crippen LogP contribution in [0.1, 0.15) is 12.0 Å². The number of para-hydroxylation sites is 1. The maximum absolute atomic E-state index is 12.8. The molecular formula is C22H21N5O5S. The summed E-state index contributed by atoms with van der Waals surface area (Å²) in [6.45, 7) is 1.89. The molecule has 2 aliphatic heterocycles. The second-order valence-electron chi connectivity index (χ2n) is 7.93. The lowest BCUT2D eigenvalue weighted by molar-refractivity contribution is -0.132.